The highest BCUT2D eigenvalue weighted by Gasteiger charge is 2.04. The van der Waals surface area contributed by atoms with Crippen LogP contribution < -0.4 is 10.5 Å². The van der Waals surface area contributed by atoms with Crippen LogP contribution in [0.5, 0.6) is 5.75 Å². The Kier molecular flexibility index (Phi) is 3.25. The van der Waals surface area contributed by atoms with Gasteiger partial charge >= 0.3 is 0 Å². The smallest absolute Gasteiger partial charge is 0.121 e. The molecule has 0 spiro atoms. The van der Waals surface area contributed by atoms with E-state index in [-0.39, 0.29) is 0 Å². The summed E-state index contributed by atoms with van der Waals surface area (Å²) in [6.07, 6.45) is 0. The summed E-state index contributed by atoms with van der Waals surface area (Å²) in [4.78, 5) is 0. The van der Waals surface area contributed by atoms with E-state index in [0.29, 0.717) is 10.7 Å². The van der Waals surface area contributed by atoms with Crippen molar-refractivity contribution in [1.29, 1.82) is 0 Å². The van der Waals surface area contributed by atoms with E-state index in [1.807, 2.05) is 37.3 Å². The average Bonchev–Trinajstić information content (AvgIpc) is 2.32. The number of nitrogen functional groups attached to an aromatic ring is 1. The molecule has 0 unspecified atom stereocenters. The minimum Gasteiger partial charge on any atom is -0.496 e. The Morgan fingerprint density at radius 1 is 1.06 bits per heavy atom. The molecule has 2 aromatic rings. The van der Waals surface area contributed by atoms with Crippen molar-refractivity contribution in [1.82, 2.24) is 0 Å². The molecule has 0 aliphatic rings. The van der Waals surface area contributed by atoms with Gasteiger partial charge in [0.15, 0.2) is 0 Å². The molecule has 0 saturated heterocycles. The van der Waals surface area contributed by atoms with E-state index in [4.69, 9.17) is 22.1 Å². The fourth-order valence-corrected chi connectivity index (χ4v) is 1.90. The maximum Gasteiger partial charge on any atom is 0.121 e. The first-order valence-corrected chi connectivity index (χ1v) is 5.69. The second-order valence-corrected chi connectivity index (χ2v) is 4.33. The SMILES string of the molecule is COc1ccc(-c2ccc(Cl)c(N)c2)cc1C. The molecule has 0 atom stereocenters. The number of nitrogens with two attached hydrogens (primary N) is 1. The Morgan fingerprint density at radius 2 is 1.71 bits per heavy atom. The monoisotopic (exact) mass is 247 g/mol. The summed E-state index contributed by atoms with van der Waals surface area (Å²) >= 11 is 5.90. The molecule has 0 saturated carbocycles. The Morgan fingerprint density at radius 3 is 2.29 bits per heavy atom. The number of halogens is 1. The van der Waals surface area contributed by atoms with E-state index in [1.54, 1.807) is 7.11 Å². The quantitative estimate of drug-likeness (QED) is 0.817. The van der Waals surface area contributed by atoms with Crippen molar-refractivity contribution >= 4 is 17.3 Å². The van der Waals surface area contributed by atoms with E-state index in [9.17, 15) is 0 Å². The van der Waals surface area contributed by atoms with Crippen LogP contribution in [-0.4, -0.2) is 7.11 Å². The molecule has 2 aromatic carbocycles. The molecule has 17 heavy (non-hydrogen) atoms. The summed E-state index contributed by atoms with van der Waals surface area (Å²) in [6, 6.07) is 11.7. The van der Waals surface area contributed by atoms with Gasteiger partial charge in [-0.3, -0.25) is 0 Å². The van der Waals surface area contributed by atoms with E-state index < -0.39 is 0 Å². The summed E-state index contributed by atoms with van der Waals surface area (Å²) < 4.78 is 5.23. The van der Waals surface area contributed by atoms with Gasteiger partial charge in [-0.25, -0.2) is 0 Å². The van der Waals surface area contributed by atoms with E-state index >= 15 is 0 Å². The lowest BCUT2D eigenvalue weighted by Gasteiger charge is -2.08. The number of anilines is 1. The lowest BCUT2D eigenvalue weighted by molar-refractivity contribution is 0.412. The summed E-state index contributed by atoms with van der Waals surface area (Å²) in [5, 5.41) is 0.582. The van der Waals surface area contributed by atoms with Gasteiger partial charge in [0.05, 0.1) is 17.8 Å². The van der Waals surface area contributed by atoms with Crippen molar-refractivity contribution in [2.45, 2.75) is 6.92 Å². The standard InChI is InChI=1S/C14H14ClNO/c1-9-7-10(4-6-14(9)17-2)11-3-5-12(15)13(16)8-11/h3-8H,16H2,1-2H3. The largest absolute Gasteiger partial charge is 0.496 e. The third kappa shape index (κ3) is 2.37. The highest BCUT2D eigenvalue weighted by molar-refractivity contribution is 6.33. The van der Waals surface area contributed by atoms with Gasteiger partial charge in [-0.1, -0.05) is 23.7 Å². The molecule has 2 rings (SSSR count). The normalized spacial score (nSPS) is 10.3. The molecule has 0 heterocycles. The number of ether oxygens (including phenoxy) is 1. The first kappa shape index (κ1) is 11.8. The van der Waals surface area contributed by atoms with Crippen molar-refractivity contribution in [3.8, 4) is 16.9 Å². The highest BCUT2D eigenvalue weighted by Crippen LogP contribution is 2.29. The molecular weight excluding hydrogens is 234 g/mol. The second kappa shape index (κ2) is 4.68. The zero-order chi connectivity index (χ0) is 12.4. The van der Waals surface area contributed by atoms with Crippen molar-refractivity contribution in [3.05, 3.63) is 47.0 Å². The van der Waals surface area contributed by atoms with Crippen LogP contribution in [-0.2, 0) is 0 Å². The van der Waals surface area contributed by atoms with Gasteiger partial charge in [0.25, 0.3) is 0 Å². The average molecular weight is 248 g/mol. The van der Waals surface area contributed by atoms with Crippen LogP contribution in [0.3, 0.4) is 0 Å². The topological polar surface area (TPSA) is 35.2 Å². The maximum atomic E-state index is 5.90. The molecule has 0 aliphatic heterocycles. The first-order chi connectivity index (χ1) is 8.11. The van der Waals surface area contributed by atoms with Crippen LogP contribution in [0.15, 0.2) is 36.4 Å². The Bertz CT molecular complexity index is 552. The Balaban J connectivity index is 2.46. The van der Waals surface area contributed by atoms with Crippen LogP contribution in [0, 0.1) is 6.92 Å². The van der Waals surface area contributed by atoms with Crippen LogP contribution in [0.2, 0.25) is 5.02 Å². The zero-order valence-electron chi connectivity index (χ0n) is 9.83. The molecule has 0 fully saturated rings. The van der Waals surface area contributed by atoms with Gasteiger partial charge in [-0.2, -0.15) is 0 Å². The predicted molar refractivity (Wildman–Crippen MR) is 72.6 cm³/mol. The summed E-state index contributed by atoms with van der Waals surface area (Å²) in [5.41, 5.74) is 9.64. The minimum atomic E-state index is 0.582. The number of methoxy groups -OCH3 is 1. The summed E-state index contributed by atoms with van der Waals surface area (Å²) in [7, 11) is 1.67. The molecule has 0 radical (unpaired) electrons. The molecule has 88 valence electrons. The summed E-state index contributed by atoms with van der Waals surface area (Å²) in [5.74, 6) is 0.885. The third-order valence-electron chi connectivity index (χ3n) is 2.72. The maximum absolute atomic E-state index is 5.90. The Labute approximate surface area is 106 Å². The number of rotatable bonds is 2. The van der Waals surface area contributed by atoms with Gasteiger partial charge in [0.1, 0.15) is 5.75 Å². The molecule has 3 heteroatoms. The van der Waals surface area contributed by atoms with E-state index in [0.717, 1.165) is 22.4 Å². The molecule has 2 nitrogen and oxygen atoms in total. The van der Waals surface area contributed by atoms with Crippen molar-refractivity contribution in [3.63, 3.8) is 0 Å². The van der Waals surface area contributed by atoms with Gasteiger partial charge in [0, 0.05) is 0 Å². The van der Waals surface area contributed by atoms with Gasteiger partial charge in [-0.05, 0) is 47.9 Å². The molecule has 0 amide bonds. The molecule has 0 aliphatic carbocycles. The van der Waals surface area contributed by atoms with Crippen molar-refractivity contribution < 1.29 is 4.74 Å². The molecule has 0 bridgehead atoms. The molecular formula is C14H14ClNO. The molecule has 2 N–H and O–H groups in total. The van der Waals surface area contributed by atoms with E-state index in [1.165, 1.54) is 0 Å². The number of hydrogen-bond donors (Lipinski definition) is 1. The first-order valence-electron chi connectivity index (χ1n) is 5.32. The second-order valence-electron chi connectivity index (χ2n) is 3.92. The predicted octanol–water partition coefficient (Wildman–Crippen LogP) is 3.91. The van der Waals surface area contributed by atoms with Crippen LogP contribution in [0.25, 0.3) is 11.1 Å². The zero-order valence-corrected chi connectivity index (χ0v) is 10.6. The van der Waals surface area contributed by atoms with Crippen LogP contribution in [0.4, 0.5) is 5.69 Å². The van der Waals surface area contributed by atoms with Crippen molar-refractivity contribution in [2.75, 3.05) is 12.8 Å². The van der Waals surface area contributed by atoms with Gasteiger partial charge < -0.3 is 10.5 Å². The van der Waals surface area contributed by atoms with Gasteiger partial charge in [0.2, 0.25) is 0 Å². The lowest BCUT2D eigenvalue weighted by Crippen LogP contribution is -1.90. The third-order valence-corrected chi connectivity index (χ3v) is 3.07. The number of aryl methyl sites for hydroxylation is 1. The number of benzene rings is 2. The minimum absolute atomic E-state index is 0.582. The number of hydrogen-bond acceptors (Lipinski definition) is 2. The lowest BCUT2D eigenvalue weighted by atomic mass is 10.0. The fraction of sp³-hybridized carbons (Fsp3) is 0.143. The van der Waals surface area contributed by atoms with Crippen LogP contribution in [0.1, 0.15) is 5.56 Å². The molecule has 0 aromatic heterocycles. The highest BCUT2D eigenvalue weighted by atomic mass is 35.5. The Hall–Kier alpha value is -1.67. The summed E-state index contributed by atoms with van der Waals surface area (Å²) in [6.45, 7) is 2.02. The van der Waals surface area contributed by atoms with Gasteiger partial charge in [-0.15, -0.1) is 0 Å². The van der Waals surface area contributed by atoms with Crippen molar-refractivity contribution in [2.24, 2.45) is 0 Å². The fourth-order valence-electron chi connectivity index (χ4n) is 1.78. The van der Waals surface area contributed by atoms with Crippen LogP contribution >= 0.6 is 11.6 Å². The van der Waals surface area contributed by atoms with E-state index in [2.05, 4.69) is 6.07 Å².